The average molecular weight is 300 g/mol. The van der Waals surface area contributed by atoms with E-state index < -0.39 is 15.9 Å². The van der Waals surface area contributed by atoms with Crippen LogP contribution in [-0.2, 0) is 20.2 Å². The number of benzene rings is 1. The van der Waals surface area contributed by atoms with Gasteiger partial charge >= 0.3 is 0 Å². The molecule has 0 unspecified atom stereocenters. The first-order valence-corrected chi connectivity index (χ1v) is 7.56. The molecule has 0 saturated heterocycles. The number of carbonyl (C=O) groups excluding carboxylic acids is 1. The Morgan fingerprint density at radius 1 is 1.30 bits per heavy atom. The van der Waals surface area contributed by atoms with Gasteiger partial charge in [-0.15, -0.1) is 0 Å². The largest absolute Gasteiger partial charge is 0.483 e. The van der Waals surface area contributed by atoms with E-state index >= 15 is 0 Å². The van der Waals surface area contributed by atoms with Gasteiger partial charge in [-0.25, -0.2) is 13.6 Å². The van der Waals surface area contributed by atoms with Crippen LogP contribution in [0.25, 0.3) is 0 Å². The number of hydrogen-bond acceptors (Lipinski definition) is 4. The Morgan fingerprint density at radius 2 is 1.85 bits per heavy atom. The summed E-state index contributed by atoms with van der Waals surface area (Å²) in [4.78, 5) is 10.9. The third-order valence-corrected chi connectivity index (χ3v) is 3.81. The Morgan fingerprint density at radius 3 is 2.25 bits per heavy atom. The molecule has 1 amide bonds. The molecule has 20 heavy (non-hydrogen) atoms. The molecule has 6 nitrogen and oxygen atoms in total. The number of primary sulfonamides is 1. The highest BCUT2D eigenvalue weighted by atomic mass is 32.2. The van der Waals surface area contributed by atoms with Crippen LogP contribution < -0.4 is 15.6 Å². The second kappa shape index (κ2) is 5.41. The van der Waals surface area contributed by atoms with Gasteiger partial charge in [0, 0.05) is 5.56 Å². The van der Waals surface area contributed by atoms with Gasteiger partial charge < -0.3 is 10.5 Å². The average Bonchev–Trinajstić information content (AvgIpc) is 2.22. The Labute approximate surface area is 119 Å². The fourth-order valence-corrected chi connectivity index (χ4v) is 2.61. The summed E-state index contributed by atoms with van der Waals surface area (Å²) >= 11 is 0. The standard InChI is InChI=1S/C13H20N2O4S/c1-8-5-10(19-7-12(14)16)9(13(2,3)4)6-11(8)20(15,17)18/h5-6H,7H2,1-4H3,(H2,14,16)(H2,15,17,18). The molecular weight excluding hydrogens is 280 g/mol. The monoisotopic (exact) mass is 300 g/mol. The molecule has 1 aromatic carbocycles. The molecule has 0 aliphatic carbocycles. The van der Waals surface area contributed by atoms with Crippen molar-refractivity contribution in [3.05, 3.63) is 23.3 Å². The van der Waals surface area contributed by atoms with Gasteiger partial charge in [0.05, 0.1) is 4.90 Å². The van der Waals surface area contributed by atoms with Crippen LogP contribution in [-0.4, -0.2) is 20.9 Å². The van der Waals surface area contributed by atoms with E-state index in [-0.39, 0.29) is 16.9 Å². The maximum atomic E-state index is 11.6. The van der Waals surface area contributed by atoms with Gasteiger partial charge in [-0.1, -0.05) is 20.8 Å². The third-order valence-electron chi connectivity index (χ3n) is 2.76. The van der Waals surface area contributed by atoms with Gasteiger partial charge in [0.15, 0.2) is 6.61 Å². The molecule has 0 heterocycles. The van der Waals surface area contributed by atoms with Gasteiger partial charge in [-0.05, 0) is 30.0 Å². The summed E-state index contributed by atoms with van der Waals surface area (Å²) in [5.41, 5.74) is 5.79. The SMILES string of the molecule is Cc1cc(OCC(N)=O)c(C(C)(C)C)cc1S(N)(=O)=O. The minimum atomic E-state index is -3.81. The number of nitrogens with two attached hydrogens (primary N) is 2. The second-order valence-corrected chi connectivity index (χ2v) is 7.19. The molecule has 0 aromatic heterocycles. The first-order chi connectivity index (χ1) is 8.93. The van der Waals surface area contributed by atoms with E-state index in [4.69, 9.17) is 15.6 Å². The molecule has 0 spiro atoms. The zero-order valence-electron chi connectivity index (χ0n) is 12.1. The van der Waals surface area contributed by atoms with Crippen molar-refractivity contribution < 1.29 is 17.9 Å². The summed E-state index contributed by atoms with van der Waals surface area (Å²) in [6.45, 7) is 7.06. The number of amides is 1. The molecule has 0 saturated carbocycles. The molecule has 0 bridgehead atoms. The van der Waals surface area contributed by atoms with Crippen molar-refractivity contribution >= 4 is 15.9 Å². The van der Waals surface area contributed by atoms with Crippen molar-refractivity contribution in [1.82, 2.24) is 0 Å². The summed E-state index contributed by atoms with van der Waals surface area (Å²) < 4.78 is 28.5. The van der Waals surface area contributed by atoms with Crippen molar-refractivity contribution in [3.8, 4) is 5.75 Å². The first kappa shape index (κ1) is 16.5. The van der Waals surface area contributed by atoms with Crippen LogP contribution in [0.4, 0.5) is 0 Å². The normalized spacial score (nSPS) is 12.2. The van der Waals surface area contributed by atoms with Crippen LogP contribution in [0.15, 0.2) is 17.0 Å². The minimum Gasteiger partial charge on any atom is -0.483 e. The molecule has 0 atom stereocenters. The summed E-state index contributed by atoms with van der Waals surface area (Å²) in [7, 11) is -3.81. The number of carbonyl (C=O) groups is 1. The molecule has 0 aliphatic rings. The minimum absolute atomic E-state index is 0.0499. The van der Waals surface area contributed by atoms with Gasteiger partial charge in [0.25, 0.3) is 5.91 Å². The predicted octanol–water partition coefficient (Wildman–Crippen LogP) is 0.804. The van der Waals surface area contributed by atoms with Crippen LogP contribution in [0.1, 0.15) is 31.9 Å². The molecule has 7 heteroatoms. The molecule has 0 fully saturated rings. The number of hydrogen-bond donors (Lipinski definition) is 2. The van der Waals surface area contributed by atoms with E-state index in [1.165, 1.54) is 6.07 Å². The number of primary amides is 1. The first-order valence-electron chi connectivity index (χ1n) is 6.02. The molecule has 0 aliphatic heterocycles. The molecule has 112 valence electrons. The Kier molecular flexibility index (Phi) is 4.45. The van der Waals surface area contributed by atoms with Crippen LogP contribution in [0.2, 0.25) is 0 Å². The lowest BCUT2D eigenvalue weighted by molar-refractivity contribution is -0.119. The number of ether oxygens (including phenoxy) is 1. The smallest absolute Gasteiger partial charge is 0.255 e. The molecule has 1 aromatic rings. The summed E-state index contributed by atoms with van der Waals surface area (Å²) in [6.07, 6.45) is 0. The van der Waals surface area contributed by atoms with Crippen molar-refractivity contribution in [3.63, 3.8) is 0 Å². The fourth-order valence-electron chi connectivity index (χ4n) is 1.82. The summed E-state index contributed by atoms with van der Waals surface area (Å²) in [5, 5.41) is 5.20. The fraction of sp³-hybridized carbons (Fsp3) is 0.462. The quantitative estimate of drug-likeness (QED) is 0.856. The summed E-state index contributed by atoms with van der Waals surface area (Å²) in [5.74, 6) is -0.167. The maximum absolute atomic E-state index is 11.6. The van der Waals surface area contributed by atoms with Gasteiger partial charge in [-0.3, -0.25) is 4.79 Å². The predicted molar refractivity (Wildman–Crippen MR) is 75.9 cm³/mol. The topological polar surface area (TPSA) is 112 Å². The van der Waals surface area contributed by atoms with Gasteiger partial charge in [0.1, 0.15) is 5.75 Å². The van der Waals surface area contributed by atoms with Crippen molar-refractivity contribution in [2.24, 2.45) is 10.9 Å². The lowest BCUT2D eigenvalue weighted by atomic mass is 9.86. The van der Waals surface area contributed by atoms with Gasteiger partial charge in [0.2, 0.25) is 10.0 Å². The summed E-state index contributed by atoms with van der Waals surface area (Å²) in [6, 6.07) is 3.05. The molecular formula is C13H20N2O4S. The zero-order chi connectivity index (χ0) is 15.7. The van der Waals surface area contributed by atoms with E-state index in [1.807, 2.05) is 20.8 Å². The molecule has 4 N–H and O–H groups in total. The van der Waals surface area contributed by atoms with Crippen LogP contribution >= 0.6 is 0 Å². The van der Waals surface area contributed by atoms with Gasteiger partial charge in [-0.2, -0.15) is 0 Å². The number of sulfonamides is 1. The highest BCUT2D eigenvalue weighted by molar-refractivity contribution is 7.89. The van der Waals surface area contributed by atoms with Crippen molar-refractivity contribution in [2.45, 2.75) is 38.0 Å². The van der Waals surface area contributed by atoms with E-state index in [0.717, 1.165) is 0 Å². The van der Waals surface area contributed by atoms with E-state index in [2.05, 4.69) is 0 Å². The third kappa shape index (κ3) is 3.94. The molecule has 0 radical (unpaired) electrons. The lowest BCUT2D eigenvalue weighted by Crippen LogP contribution is -2.23. The zero-order valence-corrected chi connectivity index (χ0v) is 12.9. The second-order valence-electron chi connectivity index (χ2n) is 5.66. The number of aryl methyl sites for hydroxylation is 1. The van der Waals surface area contributed by atoms with E-state index in [9.17, 15) is 13.2 Å². The molecule has 1 rings (SSSR count). The Hall–Kier alpha value is -1.60. The lowest BCUT2D eigenvalue weighted by Gasteiger charge is -2.24. The van der Waals surface area contributed by atoms with E-state index in [1.54, 1.807) is 13.0 Å². The van der Waals surface area contributed by atoms with Crippen molar-refractivity contribution in [1.29, 1.82) is 0 Å². The van der Waals surface area contributed by atoms with Crippen molar-refractivity contribution in [2.75, 3.05) is 6.61 Å². The van der Waals surface area contributed by atoms with Crippen LogP contribution in [0, 0.1) is 6.92 Å². The number of rotatable bonds is 4. The maximum Gasteiger partial charge on any atom is 0.255 e. The van der Waals surface area contributed by atoms with Crippen LogP contribution in [0.3, 0.4) is 0 Å². The van der Waals surface area contributed by atoms with Crippen LogP contribution in [0.5, 0.6) is 5.75 Å². The Balaban J connectivity index is 3.45. The van der Waals surface area contributed by atoms with E-state index in [0.29, 0.717) is 16.9 Å². The highest BCUT2D eigenvalue weighted by Gasteiger charge is 2.24. The highest BCUT2D eigenvalue weighted by Crippen LogP contribution is 2.34. The Bertz CT molecular complexity index is 631.